The number of thioether (sulfide) groups is 1. The van der Waals surface area contributed by atoms with E-state index in [2.05, 4.69) is 34.6 Å². The molecule has 25 heavy (non-hydrogen) atoms. The Balaban J connectivity index is 1.53. The molecule has 1 aliphatic rings. The molecule has 2 aromatic rings. The van der Waals surface area contributed by atoms with Crippen molar-refractivity contribution in [2.24, 2.45) is 7.05 Å². The molecule has 1 heterocycles. The molecule has 0 bridgehead atoms. The number of nitrogens with one attached hydrogen (secondary N) is 1. The van der Waals surface area contributed by atoms with Crippen LogP contribution in [-0.4, -0.2) is 32.5 Å². The summed E-state index contributed by atoms with van der Waals surface area (Å²) in [4.78, 5) is 12.5. The first-order valence-corrected chi connectivity index (χ1v) is 9.86. The van der Waals surface area contributed by atoms with Crippen molar-refractivity contribution in [1.29, 1.82) is 0 Å². The zero-order chi connectivity index (χ0) is 17.8. The molecule has 2 atom stereocenters. The van der Waals surface area contributed by atoms with Crippen molar-refractivity contribution in [3.63, 3.8) is 0 Å². The van der Waals surface area contributed by atoms with Crippen LogP contribution in [-0.2, 0) is 11.8 Å². The van der Waals surface area contributed by atoms with Gasteiger partial charge >= 0.3 is 0 Å². The molecule has 1 saturated carbocycles. The van der Waals surface area contributed by atoms with Gasteiger partial charge in [-0.15, -0.1) is 10.2 Å². The molecule has 0 saturated heterocycles. The van der Waals surface area contributed by atoms with E-state index in [-0.39, 0.29) is 11.2 Å². The maximum atomic E-state index is 12.5. The molecule has 1 N–H and O–H groups in total. The predicted octanol–water partition coefficient (Wildman–Crippen LogP) is 3.48. The van der Waals surface area contributed by atoms with Crippen LogP contribution in [0.2, 0.25) is 0 Å². The van der Waals surface area contributed by atoms with E-state index in [0.29, 0.717) is 18.4 Å². The van der Waals surface area contributed by atoms with Crippen molar-refractivity contribution in [3.8, 4) is 0 Å². The van der Waals surface area contributed by atoms with Crippen LogP contribution in [0.5, 0.6) is 0 Å². The topological polar surface area (TPSA) is 59.8 Å². The number of benzene rings is 1. The lowest BCUT2D eigenvalue weighted by molar-refractivity contribution is -0.120. The summed E-state index contributed by atoms with van der Waals surface area (Å²) in [7, 11) is 1.99. The van der Waals surface area contributed by atoms with E-state index < -0.39 is 0 Å². The molecule has 0 unspecified atom stereocenters. The molecule has 1 fully saturated rings. The Hall–Kier alpha value is -1.82. The molecule has 5 nitrogen and oxygen atoms in total. The lowest BCUT2D eigenvalue weighted by Crippen LogP contribution is -2.34. The number of carbonyl (C=O) groups is 1. The van der Waals surface area contributed by atoms with Gasteiger partial charge in [0.05, 0.1) is 5.25 Å². The Morgan fingerprint density at radius 2 is 2.04 bits per heavy atom. The van der Waals surface area contributed by atoms with Gasteiger partial charge in [0, 0.05) is 25.4 Å². The number of carbonyl (C=O) groups excluding carboxylic acids is 1. The normalized spacial score (nSPS) is 16.4. The fraction of sp³-hybridized carbons (Fsp3) is 0.526. The lowest BCUT2D eigenvalue weighted by Gasteiger charge is -2.18. The third kappa shape index (κ3) is 4.42. The SMILES string of the molecule is CC[C@H](CNC(=O)[C@H](C)Sc1nnc(C2CC2)n1C)c1ccccc1. The fourth-order valence-electron chi connectivity index (χ4n) is 2.93. The van der Waals surface area contributed by atoms with Crippen LogP contribution in [0.3, 0.4) is 0 Å². The van der Waals surface area contributed by atoms with Crippen LogP contribution in [0, 0.1) is 0 Å². The molecule has 6 heteroatoms. The second-order valence-corrected chi connectivity index (χ2v) is 8.00. The minimum Gasteiger partial charge on any atom is -0.355 e. The minimum atomic E-state index is -0.191. The summed E-state index contributed by atoms with van der Waals surface area (Å²) in [6, 6.07) is 10.4. The summed E-state index contributed by atoms with van der Waals surface area (Å²) in [5.74, 6) is 2.01. The molecular formula is C19H26N4OS. The predicted molar refractivity (Wildman–Crippen MR) is 101 cm³/mol. The molecule has 1 aromatic heterocycles. The van der Waals surface area contributed by atoms with Gasteiger partial charge in [0.25, 0.3) is 0 Å². The van der Waals surface area contributed by atoms with Crippen molar-refractivity contribution in [1.82, 2.24) is 20.1 Å². The third-order valence-electron chi connectivity index (χ3n) is 4.75. The quantitative estimate of drug-likeness (QED) is 0.734. The fourth-order valence-corrected chi connectivity index (χ4v) is 3.77. The largest absolute Gasteiger partial charge is 0.355 e. The second-order valence-electron chi connectivity index (χ2n) is 6.70. The molecule has 0 spiro atoms. The molecular weight excluding hydrogens is 332 g/mol. The van der Waals surface area contributed by atoms with Crippen molar-refractivity contribution in [3.05, 3.63) is 41.7 Å². The van der Waals surface area contributed by atoms with E-state index in [4.69, 9.17) is 0 Å². The number of hydrogen-bond donors (Lipinski definition) is 1. The van der Waals surface area contributed by atoms with Gasteiger partial charge in [0.1, 0.15) is 5.82 Å². The summed E-state index contributed by atoms with van der Waals surface area (Å²) >= 11 is 1.48. The number of hydrogen-bond acceptors (Lipinski definition) is 4. The van der Waals surface area contributed by atoms with Crippen molar-refractivity contribution < 1.29 is 4.79 Å². The van der Waals surface area contributed by atoms with Crippen LogP contribution >= 0.6 is 11.8 Å². The smallest absolute Gasteiger partial charge is 0.233 e. The highest BCUT2D eigenvalue weighted by Gasteiger charge is 2.30. The van der Waals surface area contributed by atoms with Crippen molar-refractivity contribution >= 4 is 17.7 Å². The van der Waals surface area contributed by atoms with Gasteiger partial charge in [-0.05, 0) is 31.7 Å². The molecule has 134 valence electrons. The molecule has 0 radical (unpaired) electrons. The Kier molecular flexibility index (Phi) is 5.78. The van der Waals surface area contributed by atoms with E-state index in [1.807, 2.05) is 36.7 Å². The standard InChI is InChI=1S/C19H26N4OS/c1-4-14(15-8-6-5-7-9-15)12-20-18(24)13(2)25-19-22-21-17(23(19)3)16-10-11-16/h5-9,13-14,16H,4,10-12H2,1-3H3,(H,20,24)/t13-,14+/m0/s1. The number of amides is 1. The highest BCUT2D eigenvalue weighted by Crippen LogP contribution is 2.39. The number of aromatic nitrogens is 3. The van der Waals surface area contributed by atoms with E-state index in [1.165, 1.54) is 30.2 Å². The maximum Gasteiger partial charge on any atom is 0.233 e. The van der Waals surface area contributed by atoms with Crippen LogP contribution in [0.25, 0.3) is 0 Å². The molecule has 1 aromatic carbocycles. The van der Waals surface area contributed by atoms with Crippen LogP contribution in [0.1, 0.15) is 56.3 Å². The Bertz CT molecular complexity index is 711. The molecule has 1 amide bonds. The van der Waals surface area contributed by atoms with Gasteiger partial charge in [0.15, 0.2) is 5.16 Å². The highest BCUT2D eigenvalue weighted by atomic mass is 32.2. The number of nitrogens with zero attached hydrogens (tertiary/aromatic N) is 3. The summed E-state index contributed by atoms with van der Waals surface area (Å²) in [6.45, 7) is 4.74. The van der Waals surface area contributed by atoms with Crippen molar-refractivity contribution in [2.75, 3.05) is 6.54 Å². The minimum absolute atomic E-state index is 0.0513. The van der Waals surface area contributed by atoms with Gasteiger partial charge in [-0.25, -0.2) is 0 Å². The monoisotopic (exact) mass is 358 g/mol. The summed E-state index contributed by atoms with van der Waals surface area (Å²) < 4.78 is 2.03. The Morgan fingerprint density at radius 1 is 1.32 bits per heavy atom. The molecule has 0 aliphatic heterocycles. The first kappa shape index (κ1) is 18.0. The van der Waals surface area contributed by atoms with Crippen LogP contribution < -0.4 is 5.32 Å². The van der Waals surface area contributed by atoms with Gasteiger partial charge in [0.2, 0.25) is 5.91 Å². The molecule has 1 aliphatic carbocycles. The second kappa shape index (κ2) is 8.04. The van der Waals surface area contributed by atoms with Gasteiger partial charge in [-0.2, -0.15) is 0 Å². The summed E-state index contributed by atoms with van der Waals surface area (Å²) in [6.07, 6.45) is 3.40. The maximum absolute atomic E-state index is 12.5. The first-order valence-electron chi connectivity index (χ1n) is 8.98. The van der Waals surface area contributed by atoms with E-state index >= 15 is 0 Å². The van der Waals surface area contributed by atoms with E-state index in [1.54, 1.807) is 0 Å². The van der Waals surface area contributed by atoms with E-state index in [9.17, 15) is 4.79 Å². The van der Waals surface area contributed by atoms with E-state index in [0.717, 1.165) is 17.4 Å². The third-order valence-corrected chi connectivity index (χ3v) is 5.88. The average molecular weight is 359 g/mol. The zero-order valence-electron chi connectivity index (χ0n) is 15.1. The average Bonchev–Trinajstić information content (AvgIpc) is 3.41. The highest BCUT2D eigenvalue weighted by molar-refractivity contribution is 8.00. The Labute approximate surface area is 153 Å². The van der Waals surface area contributed by atoms with Crippen LogP contribution in [0.15, 0.2) is 35.5 Å². The summed E-state index contributed by atoms with van der Waals surface area (Å²) in [5, 5.41) is 12.3. The molecule has 3 rings (SSSR count). The van der Waals surface area contributed by atoms with Gasteiger partial charge < -0.3 is 9.88 Å². The zero-order valence-corrected chi connectivity index (χ0v) is 15.9. The summed E-state index contributed by atoms with van der Waals surface area (Å²) in [5.41, 5.74) is 1.27. The van der Waals surface area contributed by atoms with Gasteiger partial charge in [-0.3, -0.25) is 4.79 Å². The number of rotatable bonds is 8. The lowest BCUT2D eigenvalue weighted by atomic mass is 9.96. The van der Waals surface area contributed by atoms with Crippen molar-refractivity contribution in [2.45, 2.75) is 55.4 Å². The van der Waals surface area contributed by atoms with Crippen LogP contribution in [0.4, 0.5) is 0 Å². The van der Waals surface area contributed by atoms with Gasteiger partial charge in [-0.1, -0.05) is 49.0 Å². The first-order chi connectivity index (χ1) is 12.1. The Morgan fingerprint density at radius 3 is 2.68 bits per heavy atom.